The summed E-state index contributed by atoms with van der Waals surface area (Å²) in [6.07, 6.45) is 2.28. The third-order valence-electron chi connectivity index (χ3n) is 3.37. The molecule has 106 valence electrons. The minimum absolute atomic E-state index is 0.0567. The highest BCUT2D eigenvalue weighted by atomic mass is 16.5. The van der Waals surface area contributed by atoms with E-state index in [4.69, 9.17) is 14.6 Å². The monoisotopic (exact) mass is 259 g/mol. The summed E-state index contributed by atoms with van der Waals surface area (Å²) in [4.78, 5) is 13.9. The van der Waals surface area contributed by atoms with Gasteiger partial charge in [0, 0.05) is 20.2 Å². The van der Waals surface area contributed by atoms with Crippen LogP contribution in [0.15, 0.2) is 0 Å². The molecule has 0 aromatic heterocycles. The van der Waals surface area contributed by atoms with Gasteiger partial charge in [0.1, 0.15) is 0 Å². The number of carbonyl (C=O) groups is 1. The first kappa shape index (κ1) is 15.4. The fourth-order valence-electron chi connectivity index (χ4n) is 2.04. The summed E-state index contributed by atoms with van der Waals surface area (Å²) >= 11 is 0. The van der Waals surface area contributed by atoms with Crippen molar-refractivity contribution in [2.45, 2.75) is 44.8 Å². The molecule has 0 aliphatic carbocycles. The molecule has 0 radical (unpaired) electrons. The number of methoxy groups -OCH3 is 1. The summed E-state index contributed by atoms with van der Waals surface area (Å²) in [5.41, 5.74) is -0.401. The van der Waals surface area contributed by atoms with Gasteiger partial charge in [-0.2, -0.15) is 0 Å². The standard InChI is InChI=1S/C13H25NO4/c1-13(2,17-3)10-12(16)14-6-4-11(5-7-14)18-9-8-15/h11,15H,4-10H2,1-3H3. The molecule has 0 aromatic carbocycles. The lowest BCUT2D eigenvalue weighted by Gasteiger charge is -2.34. The van der Waals surface area contributed by atoms with E-state index in [2.05, 4.69) is 0 Å². The molecule has 5 heteroatoms. The van der Waals surface area contributed by atoms with Crippen molar-refractivity contribution in [3.63, 3.8) is 0 Å². The number of aliphatic hydroxyl groups excluding tert-OH is 1. The number of likely N-dealkylation sites (tertiary alicyclic amines) is 1. The van der Waals surface area contributed by atoms with Gasteiger partial charge in [-0.25, -0.2) is 0 Å². The van der Waals surface area contributed by atoms with Gasteiger partial charge in [-0.1, -0.05) is 0 Å². The molecular formula is C13H25NO4. The van der Waals surface area contributed by atoms with Gasteiger partial charge in [-0.15, -0.1) is 0 Å². The summed E-state index contributed by atoms with van der Waals surface area (Å²) in [6.45, 7) is 5.74. The molecule has 18 heavy (non-hydrogen) atoms. The number of hydrogen-bond donors (Lipinski definition) is 1. The molecule has 0 unspecified atom stereocenters. The van der Waals surface area contributed by atoms with Gasteiger partial charge in [0.25, 0.3) is 0 Å². The van der Waals surface area contributed by atoms with Crippen LogP contribution in [-0.2, 0) is 14.3 Å². The molecule has 1 rings (SSSR count). The van der Waals surface area contributed by atoms with Crippen molar-refractivity contribution < 1.29 is 19.4 Å². The molecule has 1 heterocycles. The zero-order chi connectivity index (χ0) is 13.6. The van der Waals surface area contributed by atoms with Gasteiger partial charge >= 0.3 is 0 Å². The highest BCUT2D eigenvalue weighted by Gasteiger charge is 2.28. The van der Waals surface area contributed by atoms with Crippen molar-refractivity contribution in [1.82, 2.24) is 4.90 Å². The Bertz CT molecular complexity index is 260. The lowest BCUT2D eigenvalue weighted by molar-refractivity contribution is -0.139. The van der Waals surface area contributed by atoms with Gasteiger partial charge in [-0.3, -0.25) is 4.79 Å². The number of nitrogens with zero attached hydrogens (tertiary/aromatic N) is 1. The first-order chi connectivity index (χ1) is 8.48. The van der Waals surface area contributed by atoms with Crippen LogP contribution in [-0.4, -0.2) is 61.0 Å². The first-order valence-corrected chi connectivity index (χ1v) is 6.54. The van der Waals surface area contributed by atoms with Crippen LogP contribution >= 0.6 is 0 Å². The van der Waals surface area contributed by atoms with E-state index in [0.29, 0.717) is 13.0 Å². The topological polar surface area (TPSA) is 59.0 Å². The normalized spacial score (nSPS) is 18.1. The number of piperidine rings is 1. The van der Waals surface area contributed by atoms with Crippen molar-refractivity contribution in [3.05, 3.63) is 0 Å². The van der Waals surface area contributed by atoms with E-state index in [1.807, 2.05) is 18.7 Å². The van der Waals surface area contributed by atoms with Gasteiger partial charge in [-0.05, 0) is 26.7 Å². The Hall–Kier alpha value is -0.650. The molecule has 0 saturated carbocycles. The van der Waals surface area contributed by atoms with Crippen LogP contribution in [0.25, 0.3) is 0 Å². The lowest BCUT2D eigenvalue weighted by atomic mass is 10.0. The Balaban J connectivity index is 2.32. The molecule has 0 spiro atoms. The number of hydrogen-bond acceptors (Lipinski definition) is 4. The van der Waals surface area contributed by atoms with Crippen molar-refractivity contribution in [2.24, 2.45) is 0 Å². The van der Waals surface area contributed by atoms with Crippen LogP contribution in [0.2, 0.25) is 0 Å². The van der Waals surface area contributed by atoms with Crippen molar-refractivity contribution in [1.29, 1.82) is 0 Å². The molecule has 1 aliphatic rings. The third kappa shape index (κ3) is 4.92. The van der Waals surface area contributed by atoms with Crippen molar-refractivity contribution >= 4 is 5.91 Å². The van der Waals surface area contributed by atoms with Crippen molar-refractivity contribution in [2.75, 3.05) is 33.4 Å². The summed E-state index contributed by atoms with van der Waals surface area (Å²) in [7, 11) is 1.63. The van der Waals surface area contributed by atoms with Gasteiger partial charge in [0.05, 0.1) is 31.3 Å². The highest BCUT2D eigenvalue weighted by molar-refractivity contribution is 5.77. The molecular weight excluding hydrogens is 234 g/mol. The van der Waals surface area contributed by atoms with Crippen LogP contribution < -0.4 is 0 Å². The first-order valence-electron chi connectivity index (χ1n) is 6.54. The second kappa shape index (κ2) is 7.07. The fraction of sp³-hybridized carbons (Fsp3) is 0.923. The number of carbonyl (C=O) groups excluding carboxylic acids is 1. The maximum atomic E-state index is 12.1. The molecule has 0 bridgehead atoms. The van der Waals surface area contributed by atoms with E-state index in [1.165, 1.54) is 0 Å². The van der Waals surface area contributed by atoms with Crippen LogP contribution in [0.4, 0.5) is 0 Å². The average Bonchev–Trinajstić information content (AvgIpc) is 2.36. The van der Waals surface area contributed by atoms with Crippen LogP contribution in [0.1, 0.15) is 33.1 Å². The summed E-state index contributed by atoms with van der Waals surface area (Å²) in [5, 5.41) is 8.69. The number of amides is 1. The quantitative estimate of drug-likeness (QED) is 0.766. The number of aliphatic hydroxyl groups is 1. The molecule has 1 saturated heterocycles. The van der Waals surface area contributed by atoms with E-state index >= 15 is 0 Å². The maximum Gasteiger partial charge on any atom is 0.225 e. The molecule has 1 amide bonds. The van der Waals surface area contributed by atoms with Gasteiger partial charge in [0.2, 0.25) is 5.91 Å². The van der Waals surface area contributed by atoms with E-state index in [1.54, 1.807) is 7.11 Å². The van der Waals surface area contributed by atoms with E-state index in [0.717, 1.165) is 25.9 Å². The predicted molar refractivity (Wildman–Crippen MR) is 68.3 cm³/mol. The molecule has 0 atom stereocenters. The zero-order valence-electron chi connectivity index (χ0n) is 11.6. The van der Waals surface area contributed by atoms with Crippen LogP contribution in [0.3, 0.4) is 0 Å². The second-order valence-corrected chi connectivity index (χ2v) is 5.32. The predicted octanol–water partition coefficient (Wildman–Crippen LogP) is 0.801. The summed E-state index contributed by atoms with van der Waals surface area (Å²) in [5.74, 6) is 0.141. The van der Waals surface area contributed by atoms with Gasteiger partial charge in [0.15, 0.2) is 0 Å². The zero-order valence-corrected chi connectivity index (χ0v) is 11.6. The Labute approximate surface area is 109 Å². The Morgan fingerprint density at radius 2 is 2.00 bits per heavy atom. The minimum Gasteiger partial charge on any atom is -0.394 e. The maximum absolute atomic E-state index is 12.1. The third-order valence-corrected chi connectivity index (χ3v) is 3.37. The Morgan fingerprint density at radius 3 is 2.50 bits per heavy atom. The van der Waals surface area contributed by atoms with E-state index in [9.17, 15) is 4.79 Å². The SMILES string of the molecule is COC(C)(C)CC(=O)N1CCC(OCCO)CC1. The van der Waals surface area contributed by atoms with E-state index < -0.39 is 5.60 Å². The molecule has 1 fully saturated rings. The largest absolute Gasteiger partial charge is 0.394 e. The van der Waals surface area contributed by atoms with Crippen molar-refractivity contribution in [3.8, 4) is 0 Å². The smallest absolute Gasteiger partial charge is 0.225 e. The Morgan fingerprint density at radius 1 is 1.39 bits per heavy atom. The number of ether oxygens (including phenoxy) is 2. The molecule has 1 N–H and O–H groups in total. The van der Waals surface area contributed by atoms with E-state index in [-0.39, 0.29) is 18.6 Å². The van der Waals surface area contributed by atoms with Crippen LogP contribution in [0.5, 0.6) is 0 Å². The summed E-state index contributed by atoms with van der Waals surface area (Å²) < 4.78 is 10.7. The molecule has 1 aliphatic heterocycles. The minimum atomic E-state index is -0.401. The van der Waals surface area contributed by atoms with Crippen LogP contribution in [0, 0.1) is 0 Å². The Kier molecular flexibility index (Phi) is 6.05. The molecule has 5 nitrogen and oxygen atoms in total. The highest BCUT2D eigenvalue weighted by Crippen LogP contribution is 2.19. The molecule has 0 aromatic rings. The number of rotatable bonds is 6. The van der Waals surface area contributed by atoms with Gasteiger partial charge < -0.3 is 19.5 Å². The fourth-order valence-corrected chi connectivity index (χ4v) is 2.04. The average molecular weight is 259 g/mol. The lowest BCUT2D eigenvalue weighted by Crippen LogP contribution is -2.43. The second-order valence-electron chi connectivity index (χ2n) is 5.32. The summed E-state index contributed by atoms with van der Waals surface area (Å²) in [6, 6.07) is 0.